The van der Waals surface area contributed by atoms with Crippen LogP contribution in [0.3, 0.4) is 0 Å². The summed E-state index contributed by atoms with van der Waals surface area (Å²) in [6, 6.07) is 15.2. The Morgan fingerprint density at radius 1 is 1.06 bits per heavy atom. The molecule has 0 radical (unpaired) electrons. The number of rotatable bonds is 8. The molecule has 1 N–H and O–H groups in total. The molecule has 1 aliphatic rings. The third kappa shape index (κ3) is 6.33. The molecular formula is C26H34N2O3. The van der Waals surface area contributed by atoms with Crippen molar-refractivity contribution in [2.24, 2.45) is 0 Å². The number of hydrogen-bond acceptors (Lipinski definition) is 3. The number of nitrogens with zero attached hydrogens (tertiary/aromatic N) is 1. The summed E-state index contributed by atoms with van der Waals surface area (Å²) < 4.78 is 5.21. The predicted octanol–water partition coefficient (Wildman–Crippen LogP) is 4.41. The number of nitrogens with one attached hydrogen (secondary N) is 1. The molecule has 31 heavy (non-hydrogen) atoms. The second kappa shape index (κ2) is 11.0. The van der Waals surface area contributed by atoms with Crippen LogP contribution in [0.2, 0.25) is 0 Å². The highest BCUT2D eigenvalue weighted by Gasteiger charge is 2.28. The van der Waals surface area contributed by atoms with E-state index in [2.05, 4.69) is 5.32 Å². The fourth-order valence-electron chi connectivity index (χ4n) is 4.14. The summed E-state index contributed by atoms with van der Waals surface area (Å²) in [5.74, 6) is 0.636. The molecule has 2 aromatic carbocycles. The van der Waals surface area contributed by atoms with Gasteiger partial charge in [0.2, 0.25) is 11.8 Å². The van der Waals surface area contributed by atoms with Crippen molar-refractivity contribution < 1.29 is 14.3 Å². The quantitative estimate of drug-likeness (QED) is 0.685. The van der Waals surface area contributed by atoms with E-state index in [1.165, 1.54) is 6.42 Å². The number of hydrogen-bond donors (Lipinski definition) is 1. The average Bonchev–Trinajstić information content (AvgIpc) is 2.79. The molecule has 1 fully saturated rings. The second-order valence-electron chi connectivity index (χ2n) is 8.49. The molecule has 0 aromatic heterocycles. The minimum Gasteiger partial charge on any atom is -0.497 e. The molecule has 2 amide bonds. The predicted molar refractivity (Wildman–Crippen MR) is 123 cm³/mol. The third-order valence-corrected chi connectivity index (χ3v) is 6.24. The lowest BCUT2D eigenvalue weighted by Gasteiger charge is -2.31. The second-order valence-corrected chi connectivity index (χ2v) is 8.49. The highest BCUT2D eigenvalue weighted by Crippen LogP contribution is 2.20. The number of carbonyl (C=O) groups excluding carboxylic acids is 2. The van der Waals surface area contributed by atoms with Crippen molar-refractivity contribution in [3.8, 4) is 5.75 Å². The summed E-state index contributed by atoms with van der Waals surface area (Å²) in [6.07, 6.45) is 5.84. The van der Waals surface area contributed by atoms with E-state index >= 15 is 0 Å². The molecule has 0 saturated heterocycles. The molecule has 5 heteroatoms. The van der Waals surface area contributed by atoms with Gasteiger partial charge in [-0.2, -0.15) is 0 Å². The van der Waals surface area contributed by atoms with E-state index < -0.39 is 6.04 Å². The summed E-state index contributed by atoms with van der Waals surface area (Å²) in [6.45, 7) is 4.29. The Bertz CT molecular complexity index is 872. The van der Waals surface area contributed by atoms with Gasteiger partial charge in [-0.3, -0.25) is 9.59 Å². The van der Waals surface area contributed by atoms with Crippen LogP contribution < -0.4 is 10.1 Å². The maximum Gasteiger partial charge on any atom is 0.242 e. The topological polar surface area (TPSA) is 58.6 Å². The Hall–Kier alpha value is -2.82. The van der Waals surface area contributed by atoms with Crippen molar-refractivity contribution in [3.63, 3.8) is 0 Å². The van der Waals surface area contributed by atoms with Gasteiger partial charge in [-0.1, -0.05) is 55.7 Å². The van der Waals surface area contributed by atoms with Crippen LogP contribution in [0.25, 0.3) is 0 Å². The fourth-order valence-corrected chi connectivity index (χ4v) is 4.14. The van der Waals surface area contributed by atoms with Crippen molar-refractivity contribution in [2.75, 3.05) is 7.11 Å². The zero-order chi connectivity index (χ0) is 22.2. The van der Waals surface area contributed by atoms with Gasteiger partial charge < -0.3 is 15.0 Å². The molecule has 0 aliphatic heterocycles. The van der Waals surface area contributed by atoms with Crippen molar-refractivity contribution in [1.29, 1.82) is 0 Å². The normalized spacial score (nSPS) is 15.2. The van der Waals surface area contributed by atoms with E-state index in [-0.39, 0.29) is 24.3 Å². The first kappa shape index (κ1) is 22.9. The zero-order valence-corrected chi connectivity index (χ0v) is 18.9. The molecule has 1 atom stereocenters. The van der Waals surface area contributed by atoms with Gasteiger partial charge in [0.25, 0.3) is 0 Å². The Morgan fingerprint density at radius 3 is 2.39 bits per heavy atom. The van der Waals surface area contributed by atoms with Crippen molar-refractivity contribution in [1.82, 2.24) is 10.2 Å². The molecule has 5 nitrogen and oxygen atoms in total. The number of aryl methyl sites for hydroxylation is 1. The van der Waals surface area contributed by atoms with Crippen LogP contribution >= 0.6 is 0 Å². The molecule has 3 rings (SSSR count). The minimum atomic E-state index is -0.535. The van der Waals surface area contributed by atoms with E-state index in [0.717, 1.165) is 48.1 Å². The van der Waals surface area contributed by atoms with E-state index in [1.54, 1.807) is 12.0 Å². The standard InChI is InChI=1S/C26H34N2O3/c1-19-9-7-8-10-22(19)18-28(20(2)26(30)27-23-11-5-4-6-12-23)25(29)17-21-13-15-24(31-3)16-14-21/h7-10,13-16,20,23H,4-6,11-12,17-18H2,1-3H3,(H,27,30)/t20-/m0/s1. The van der Waals surface area contributed by atoms with E-state index in [1.807, 2.05) is 62.4 Å². The first-order chi connectivity index (χ1) is 15.0. The largest absolute Gasteiger partial charge is 0.497 e. The average molecular weight is 423 g/mol. The maximum absolute atomic E-state index is 13.3. The molecule has 0 bridgehead atoms. The molecule has 1 aliphatic carbocycles. The van der Waals surface area contributed by atoms with E-state index in [9.17, 15) is 9.59 Å². The van der Waals surface area contributed by atoms with Crippen molar-refractivity contribution in [3.05, 3.63) is 65.2 Å². The number of carbonyl (C=O) groups is 2. The summed E-state index contributed by atoms with van der Waals surface area (Å²) in [4.78, 5) is 28.1. The first-order valence-corrected chi connectivity index (χ1v) is 11.2. The number of ether oxygens (including phenoxy) is 1. The van der Waals surface area contributed by atoms with Crippen LogP contribution in [0.4, 0.5) is 0 Å². The number of benzene rings is 2. The molecule has 0 heterocycles. The molecule has 166 valence electrons. The van der Waals surface area contributed by atoms with Crippen LogP contribution in [0, 0.1) is 6.92 Å². The van der Waals surface area contributed by atoms with Crippen LogP contribution in [0.1, 0.15) is 55.7 Å². The lowest BCUT2D eigenvalue weighted by molar-refractivity contribution is -0.140. The molecular weight excluding hydrogens is 388 g/mol. The molecule has 0 spiro atoms. The molecule has 2 aromatic rings. The van der Waals surface area contributed by atoms with Gasteiger partial charge >= 0.3 is 0 Å². The van der Waals surface area contributed by atoms with Crippen LogP contribution in [-0.2, 0) is 22.6 Å². The summed E-state index contributed by atoms with van der Waals surface area (Å²) in [7, 11) is 1.62. The highest BCUT2D eigenvalue weighted by molar-refractivity contribution is 5.88. The zero-order valence-electron chi connectivity index (χ0n) is 18.9. The van der Waals surface area contributed by atoms with E-state index in [4.69, 9.17) is 4.74 Å². The summed E-state index contributed by atoms with van der Waals surface area (Å²) >= 11 is 0. The third-order valence-electron chi connectivity index (χ3n) is 6.24. The lowest BCUT2D eigenvalue weighted by atomic mass is 9.95. The van der Waals surface area contributed by atoms with E-state index in [0.29, 0.717) is 6.54 Å². The van der Waals surface area contributed by atoms with Crippen LogP contribution in [0.5, 0.6) is 5.75 Å². The summed E-state index contributed by atoms with van der Waals surface area (Å²) in [5.41, 5.74) is 3.08. The van der Waals surface area contributed by atoms with Gasteiger partial charge in [0.05, 0.1) is 13.5 Å². The van der Waals surface area contributed by atoms with Crippen molar-refractivity contribution in [2.45, 2.75) is 71.0 Å². The van der Waals surface area contributed by atoms with Gasteiger partial charge in [0.15, 0.2) is 0 Å². The molecule has 1 saturated carbocycles. The lowest BCUT2D eigenvalue weighted by Crippen LogP contribution is -2.50. The number of amides is 2. The smallest absolute Gasteiger partial charge is 0.242 e. The molecule has 0 unspecified atom stereocenters. The fraction of sp³-hybridized carbons (Fsp3) is 0.462. The maximum atomic E-state index is 13.3. The monoisotopic (exact) mass is 422 g/mol. The Kier molecular flexibility index (Phi) is 8.10. The van der Waals surface area contributed by atoms with Crippen molar-refractivity contribution >= 4 is 11.8 Å². The van der Waals surface area contributed by atoms with Crippen LogP contribution in [-0.4, -0.2) is 35.9 Å². The van der Waals surface area contributed by atoms with Crippen LogP contribution in [0.15, 0.2) is 48.5 Å². The Balaban J connectivity index is 1.76. The minimum absolute atomic E-state index is 0.0558. The Labute approximate surface area is 185 Å². The Morgan fingerprint density at radius 2 is 1.74 bits per heavy atom. The van der Waals surface area contributed by atoms with Gasteiger partial charge in [-0.05, 0) is 55.5 Å². The highest BCUT2D eigenvalue weighted by atomic mass is 16.5. The first-order valence-electron chi connectivity index (χ1n) is 11.2. The van der Waals surface area contributed by atoms with Gasteiger partial charge in [0, 0.05) is 12.6 Å². The number of methoxy groups -OCH3 is 1. The summed E-state index contributed by atoms with van der Waals surface area (Å²) in [5, 5.41) is 3.18. The SMILES string of the molecule is COc1ccc(CC(=O)N(Cc2ccccc2C)[C@@H](C)C(=O)NC2CCCCC2)cc1. The van der Waals surface area contributed by atoms with Gasteiger partial charge in [0.1, 0.15) is 11.8 Å². The van der Waals surface area contributed by atoms with Gasteiger partial charge in [-0.25, -0.2) is 0 Å². The van der Waals surface area contributed by atoms with Gasteiger partial charge in [-0.15, -0.1) is 0 Å².